The van der Waals surface area contributed by atoms with Gasteiger partial charge in [0.1, 0.15) is 5.76 Å². The summed E-state index contributed by atoms with van der Waals surface area (Å²) in [4.78, 5) is 16.4. The van der Waals surface area contributed by atoms with Crippen molar-refractivity contribution in [2.45, 2.75) is 19.6 Å². The Morgan fingerprint density at radius 3 is 2.64 bits per heavy atom. The Morgan fingerprint density at radius 2 is 1.96 bits per heavy atom. The van der Waals surface area contributed by atoms with Crippen LogP contribution in [0.3, 0.4) is 0 Å². The molecule has 3 rings (SSSR count). The number of anilines is 1. The van der Waals surface area contributed by atoms with E-state index in [1.54, 1.807) is 13.0 Å². The first kappa shape index (κ1) is 20.5. The number of rotatable bonds is 9. The first-order valence-corrected chi connectivity index (χ1v) is 9.56. The van der Waals surface area contributed by atoms with Crippen molar-refractivity contribution in [1.82, 2.24) is 15.0 Å². The Kier molecular flexibility index (Phi) is 7.55. The molecule has 2 N–H and O–H groups in total. The first-order valence-electron chi connectivity index (χ1n) is 9.56. The van der Waals surface area contributed by atoms with E-state index in [1.165, 1.54) is 0 Å². The van der Waals surface area contributed by atoms with Crippen LogP contribution in [0.25, 0.3) is 0 Å². The van der Waals surface area contributed by atoms with Crippen LogP contribution in [0.4, 0.5) is 5.82 Å². The van der Waals surface area contributed by atoms with E-state index in [0.29, 0.717) is 37.9 Å². The van der Waals surface area contributed by atoms with Crippen molar-refractivity contribution in [2.75, 3.05) is 51.2 Å². The summed E-state index contributed by atoms with van der Waals surface area (Å²) in [6, 6.07) is 11.6. The number of carbonyl (C=O) groups excluding carboxylic acids is 1. The Bertz CT molecular complexity index is 729. The minimum Gasteiger partial charge on any atom is -0.389 e. The van der Waals surface area contributed by atoms with Gasteiger partial charge in [-0.3, -0.25) is 14.6 Å². The number of aromatic nitrogens is 1. The highest BCUT2D eigenvalue weighted by Crippen LogP contribution is 2.08. The Hall–Kier alpha value is -2.26. The van der Waals surface area contributed by atoms with Crippen LogP contribution >= 0.6 is 0 Å². The summed E-state index contributed by atoms with van der Waals surface area (Å²) < 4.78 is 10.5. The van der Waals surface area contributed by atoms with Crippen molar-refractivity contribution >= 4 is 11.7 Å². The summed E-state index contributed by atoms with van der Waals surface area (Å²) in [6.45, 7) is 6.68. The summed E-state index contributed by atoms with van der Waals surface area (Å²) in [6.07, 6.45) is -0.519. The van der Waals surface area contributed by atoms with Crippen LogP contribution in [-0.2, 0) is 16.1 Å². The summed E-state index contributed by atoms with van der Waals surface area (Å²) in [5.74, 6) is 1.01. The molecule has 1 aromatic heterocycles. The van der Waals surface area contributed by atoms with Crippen LogP contribution < -0.4 is 5.32 Å². The third-order valence-corrected chi connectivity index (χ3v) is 4.62. The van der Waals surface area contributed by atoms with E-state index >= 15 is 0 Å². The van der Waals surface area contributed by atoms with Crippen molar-refractivity contribution in [1.29, 1.82) is 0 Å². The number of ether oxygens (including phenoxy) is 1. The largest absolute Gasteiger partial charge is 0.389 e. The zero-order valence-corrected chi connectivity index (χ0v) is 16.2. The molecular weight excluding hydrogens is 360 g/mol. The lowest BCUT2D eigenvalue weighted by Gasteiger charge is -2.35. The van der Waals surface area contributed by atoms with E-state index in [1.807, 2.05) is 30.3 Å². The zero-order chi connectivity index (χ0) is 19.8. The number of piperazine rings is 1. The van der Waals surface area contributed by atoms with E-state index in [4.69, 9.17) is 9.26 Å². The number of aliphatic hydroxyl groups is 1. The monoisotopic (exact) mass is 388 g/mol. The van der Waals surface area contributed by atoms with E-state index in [0.717, 1.165) is 31.7 Å². The van der Waals surface area contributed by atoms with E-state index in [-0.39, 0.29) is 5.91 Å². The lowest BCUT2D eigenvalue weighted by Crippen LogP contribution is -2.50. The van der Waals surface area contributed by atoms with Gasteiger partial charge in [0.2, 0.25) is 5.91 Å². The third-order valence-electron chi connectivity index (χ3n) is 4.62. The van der Waals surface area contributed by atoms with Gasteiger partial charge in [-0.05, 0) is 12.5 Å². The molecule has 1 aliphatic rings. The number of hydrogen-bond donors (Lipinski definition) is 2. The van der Waals surface area contributed by atoms with Gasteiger partial charge in [-0.15, -0.1) is 0 Å². The molecule has 8 heteroatoms. The molecule has 8 nitrogen and oxygen atoms in total. The summed E-state index contributed by atoms with van der Waals surface area (Å²) in [7, 11) is 0. The lowest BCUT2D eigenvalue weighted by atomic mass is 10.2. The fourth-order valence-corrected chi connectivity index (χ4v) is 3.18. The molecule has 1 saturated heterocycles. The average molecular weight is 388 g/mol. The number of aryl methyl sites for hydroxylation is 1. The van der Waals surface area contributed by atoms with Gasteiger partial charge in [0.15, 0.2) is 5.82 Å². The van der Waals surface area contributed by atoms with Crippen molar-refractivity contribution in [3.63, 3.8) is 0 Å². The highest BCUT2D eigenvalue weighted by Gasteiger charge is 2.21. The molecule has 1 fully saturated rings. The normalized spacial score (nSPS) is 16.8. The van der Waals surface area contributed by atoms with Crippen LogP contribution in [0.2, 0.25) is 0 Å². The molecule has 0 spiro atoms. The Balaban J connectivity index is 1.29. The quantitative estimate of drug-likeness (QED) is 0.665. The van der Waals surface area contributed by atoms with Crippen LogP contribution in [0.15, 0.2) is 40.9 Å². The number of benzene rings is 1. The number of amides is 1. The second-order valence-corrected chi connectivity index (χ2v) is 7.10. The number of aliphatic hydroxyl groups excluding tert-OH is 1. The van der Waals surface area contributed by atoms with Crippen LogP contribution in [0.5, 0.6) is 0 Å². The van der Waals surface area contributed by atoms with Crippen LogP contribution in [-0.4, -0.2) is 77.9 Å². The van der Waals surface area contributed by atoms with Crippen molar-refractivity contribution < 1.29 is 19.2 Å². The molecule has 1 atom stereocenters. The first-order chi connectivity index (χ1) is 13.6. The number of β-amino-alcohol motifs (C(OH)–C–C–N with tert-alkyl or cyclic N) is 1. The van der Waals surface area contributed by atoms with E-state index in [9.17, 15) is 9.90 Å². The van der Waals surface area contributed by atoms with Gasteiger partial charge in [0, 0.05) is 38.8 Å². The second-order valence-electron chi connectivity index (χ2n) is 7.10. The highest BCUT2D eigenvalue weighted by molar-refractivity contribution is 5.91. The Labute approximate surface area is 165 Å². The summed E-state index contributed by atoms with van der Waals surface area (Å²) >= 11 is 0. The fraction of sp³-hybridized carbons (Fsp3) is 0.500. The topological polar surface area (TPSA) is 91.1 Å². The van der Waals surface area contributed by atoms with Gasteiger partial charge in [-0.25, -0.2) is 0 Å². The van der Waals surface area contributed by atoms with Crippen molar-refractivity contribution in [3.05, 3.63) is 47.7 Å². The molecule has 1 unspecified atom stereocenters. The molecule has 0 bridgehead atoms. The summed E-state index contributed by atoms with van der Waals surface area (Å²) in [5.41, 5.74) is 1.10. The van der Waals surface area contributed by atoms with Crippen molar-refractivity contribution in [2.24, 2.45) is 0 Å². The predicted octanol–water partition coefficient (Wildman–Crippen LogP) is 1.12. The maximum Gasteiger partial charge on any atom is 0.239 e. The molecule has 2 heterocycles. The molecule has 0 radical (unpaired) electrons. The molecule has 2 aromatic rings. The predicted molar refractivity (Wildman–Crippen MR) is 105 cm³/mol. The SMILES string of the molecule is Cc1cc(NC(=O)CN2CCN(CC(O)COCc3ccccc3)CC2)no1. The fourth-order valence-electron chi connectivity index (χ4n) is 3.18. The molecule has 152 valence electrons. The zero-order valence-electron chi connectivity index (χ0n) is 16.2. The smallest absolute Gasteiger partial charge is 0.239 e. The minimum atomic E-state index is -0.519. The second kappa shape index (κ2) is 10.3. The lowest BCUT2D eigenvalue weighted by molar-refractivity contribution is -0.117. The van der Waals surface area contributed by atoms with Gasteiger partial charge in [-0.1, -0.05) is 35.5 Å². The third kappa shape index (κ3) is 6.72. The molecule has 28 heavy (non-hydrogen) atoms. The van der Waals surface area contributed by atoms with E-state index < -0.39 is 6.10 Å². The molecule has 1 aromatic carbocycles. The minimum absolute atomic E-state index is 0.101. The van der Waals surface area contributed by atoms with Gasteiger partial charge in [0.25, 0.3) is 0 Å². The molecule has 1 aliphatic heterocycles. The average Bonchev–Trinajstić information content (AvgIpc) is 3.09. The maximum atomic E-state index is 12.1. The van der Waals surface area contributed by atoms with Crippen LogP contribution in [0.1, 0.15) is 11.3 Å². The number of nitrogens with zero attached hydrogens (tertiary/aromatic N) is 3. The molecule has 0 saturated carbocycles. The number of carbonyl (C=O) groups is 1. The van der Waals surface area contributed by atoms with Gasteiger partial charge >= 0.3 is 0 Å². The highest BCUT2D eigenvalue weighted by atomic mass is 16.5. The molecular formula is C20H28N4O4. The van der Waals surface area contributed by atoms with Gasteiger partial charge in [0.05, 0.1) is 25.9 Å². The van der Waals surface area contributed by atoms with Crippen LogP contribution in [0, 0.1) is 6.92 Å². The molecule has 1 amide bonds. The number of hydrogen-bond acceptors (Lipinski definition) is 7. The maximum absolute atomic E-state index is 12.1. The standard InChI is InChI=1S/C20H28N4O4/c1-16-11-19(22-28-16)21-20(26)13-24-9-7-23(8-10-24)12-18(25)15-27-14-17-5-3-2-4-6-17/h2-6,11,18,25H,7-10,12-15H2,1H3,(H,21,22,26). The van der Waals surface area contributed by atoms with Crippen molar-refractivity contribution in [3.8, 4) is 0 Å². The Morgan fingerprint density at radius 1 is 1.25 bits per heavy atom. The number of nitrogens with one attached hydrogen (secondary N) is 1. The van der Waals surface area contributed by atoms with Gasteiger partial charge < -0.3 is 19.7 Å². The van der Waals surface area contributed by atoms with Gasteiger partial charge in [-0.2, -0.15) is 0 Å². The summed E-state index contributed by atoms with van der Waals surface area (Å²) in [5, 5.41) is 16.7. The van der Waals surface area contributed by atoms with E-state index in [2.05, 4.69) is 20.3 Å². The molecule has 0 aliphatic carbocycles.